The van der Waals surface area contributed by atoms with E-state index in [1.807, 2.05) is 0 Å². The van der Waals surface area contributed by atoms with Crippen molar-refractivity contribution in [3.63, 3.8) is 0 Å². The Kier molecular flexibility index (Phi) is 4.84. The number of carbonyl (C=O) groups is 2. The van der Waals surface area contributed by atoms with Gasteiger partial charge in [-0.15, -0.1) is 0 Å². The van der Waals surface area contributed by atoms with Gasteiger partial charge >= 0.3 is 12.0 Å². The molecule has 2 rings (SSSR count). The lowest BCUT2D eigenvalue weighted by Gasteiger charge is -2.32. The highest BCUT2D eigenvalue weighted by atomic mass is 35.5. The zero-order valence-corrected chi connectivity index (χ0v) is 11.8. The predicted molar refractivity (Wildman–Crippen MR) is 77.0 cm³/mol. The van der Waals surface area contributed by atoms with E-state index in [1.165, 1.54) is 0 Å². The molecule has 0 saturated carbocycles. The van der Waals surface area contributed by atoms with Gasteiger partial charge in [0.1, 0.15) is 0 Å². The Morgan fingerprint density at radius 1 is 1.45 bits per heavy atom. The molecule has 2 amide bonds. The molecule has 1 fully saturated rings. The Bertz CT molecular complexity index is 507. The van der Waals surface area contributed by atoms with Gasteiger partial charge in [0, 0.05) is 30.2 Å². The summed E-state index contributed by atoms with van der Waals surface area (Å²) < 4.78 is 0. The Morgan fingerprint density at radius 3 is 2.95 bits per heavy atom. The number of piperidine rings is 1. The first kappa shape index (κ1) is 14.7. The van der Waals surface area contributed by atoms with Gasteiger partial charge in [-0.1, -0.05) is 17.7 Å². The number of carboxylic acid groups (broad SMARTS) is 1. The third-order valence-corrected chi connectivity index (χ3v) is 3.58. The number of aliphatic carboxylic acids is 1. The maximum absolute atomic E-state index is 12.1. The summed E-state index contributed by atoms with van der Waals surface area (Å²) in [7, 11) is 0. The lowest BCUT2D eigenvalue weighted by Crippen LogP contribution is -2.42. The van der Waals surface area contributed by atoms with Crippen LogP contribution in [0.25, 0.3) is 0 Å². The molecule has 0 bridgehead atoms. The molecule has 5 nitrogen and oxygen atoms in total. The lowest BCUT2D eigenvalue weighted by atomic mass is 9.95. The Labute approximate surface area is 122 Å². The first-order chi connectivity index (χ1) is 9.54. The minimum Gasteiger partial charge on any atom is -0.481 e. The average Bonchev–Trinajstić information content (AvgIpc) is 2.38. The number of anilines is 1. The Hall–Kier alpha value is -1.75. The van der Waals surface area contributed by atoms with Gasteiger partial charge < -0.3 is 15.3 Å². The van der Waals surface area contributed by atoms with Gasteiger partial charge in [-0.25, -0.2) is 4.79 Å². The summed E-state index contributed by atoms with van der Waals surface area (Å²) in [5.74, 6) is -0.779. The minimum absolute atomic E-state index is 0.0337. The van der Waals surface area contributed by atoms with Crippen LogP contribution in [0.3, 0.4) is 0 Å². The molecule has 6 heteroatoms. The van der Waals surface area contributed by atoms with E-state index < -0.39 is 5.97 Å². The van der Waals surface area contributed by atoms with E-state index in [0.717, 1.165) is 12.8 Å². The zero-order valence-electron chi connectivity index (χ0n) is 11.0. The number of rotatable bonds is 3. The van der Waals surface area contributed by atoms with Crippen molar-refractivity contribution in [3.8, 4) is 0 Å². The smallest absolute Gasteiger partial charge is 0.321 e. The number of hydrogen-bond acceptors (Lipinski definition) is 2. The molecule has 1 unspecified atom stereocenters. The molecule has 1 heterocycles. The molecule has 1 aromatic carbocycles. The highest BCUT2D eigenvalue weighted by Crippen LogP contribution is 2.21. The van der Waals surface area contributed by atoms with E-state index in [1.54, 1.807) is 29.2 Å². The van der Waals surface area contributed by atoms with Crippen LogP contribution in [0, 0.1) is 5.92 Å². The number of benzene rings is 1. The highest BCUT2D eigenvalue weighted by Gasteiger charge is 2.25. The fourth-order valence-electron chi connectivity index (χ4n) is 2.43. The molecule has 1 saturated heterocycles. The number of nitrogens with one attached hydrogen (secondary N) is 1. The number of carboxylic acids is 1. The molecule has 1 atom stereocenters. The summed E-state index contributed by atoms with van der Waals surface area (Å²) in [5, 5.41) is 12.2. The van der Waals surface area contributed by atoms with Gasteiger partial charge in [-0.2, -0.15) is 0 Å². The molecule has 1 aliphatic rings. The molecule has 0 spiro atoms. The van der Waals surface area contributed by atoms with Crippen LogP contribution in [0.4, 0.5) is 10.5 Å². The average molecular weight is 297 g/mol. The van der Waals surface area contributed by atoms with Gasteiger partial charge in [0.15, 0.2) is 0 Å². The van der Waals surface area contributed by atoms with E-state index >= 15 is 0 Å². The standard InChI is InChI=1S/C14H17ClN2O3/c15-11-4-1-5-12(8-11)16-14(20)17-6-2-3-10(9-17)7-13(18)19/h1,4-5,8,10H,2-3,6-7,9H2,(H,16,20)(H,18,19). The van der Waals surface area contributed by atoms with Crippen molar-refractivity contribution >= 4 is 29.3 Å². The van der Waals surface area contributed by atoms with E-state index in [0.29, 0.717) is 23.8 Å². The van der Waals surface area contributed by atoms with Crippen molar-refractivity contribution in [3.05, 3.63) is 29.3 Å². The number of urea groups is 1. The maximum Gasteiger partial charge on any atom is 0.321 e. The van der Waals surface area contributed by atoms with E-state index in [-0.39, 0.29) is 18.4 Å². The van der Waals surface area contributed by atoms with Crippen molar-refractivity contribution in [2.75, 3.05) is 18.4 Å². The second-order valence-electron chi connectivity index (χ2n) is 4.99. The van der Waals surface area contributed by atoms with Crippen LogP contribution in [0.15, 0.2) is 24.3 Å². The number of halogens is 1. The van der Waals surface area contributed by atoms with Crippen molar-refractivity contribution < 1.29 is 14.7 Å². The maximum atomic E-state index is 12.1. The molecule has 20 heavy (non-hydrogen) atoms. The van der Waals surface area contributed by atoms with E-state index in [2.05, 4.69) is 5.32 Å². The molecule has 0 aromatic heterocycles. The summed E-state index contributed by atoms with van der Waals surface area (Å²) in [5.41, 5.74) is 0.642. The largest absolute Gasteiger partial charge is 0.481 e. The number of nitrogens with zero attached hydrogens (tertiary/aromatic N) is 1. The summed E-state index contributed by atoms with van der Waals surface area (Å²) >= 11 is 5.86. The van der Waals surface area contributed by atoms with Crippen LogP contribution in [-0.4, -0.2) is 35.1 Å². The molecule has 108 valence electrons. The fraction of sp³-hybridized carbons (Fsp3) is 0.429. The van der Waals surface area contributed by atoms with Crippen molar-refractivity contribution in [1.82, 2.24) is 4.90 Å². The molecule has 2 N–H and O–H groups in total. The summed E-state index contributed by atoms with van der Waals surface area (Å²) in [6.07, 6.45) is 1.80. The lowest BCUT2D eigenvalue weighted by molar-refractivity contribution is -0.138. The number of carbonyl (C=O) groups excluding carboxylic acids is 1. The number of hydrogen-bond donors (Lipinski definition) is 2. The topological polar surface area (TPSA) is 69.6 Å². The zero-order chi connectivity index (χ0) is 14.5. The minimum atomic E-state index is -0.813. The van der Waals surface area contributed by atoms with Crippen LogP contribution < -0.4 is 5.32 Å². The highest BCUT2D eigenvalue weighted by molar-refractivity contribution is 6.30. The fourth-order valence-corrected chi connectivity index (χ4v) is 2.62. The van der Waals surface area contributed by atoms with Crippen LogP contribution >= 0.6 is 11.6 Å². The molecule has 0 aliphatic carbocycles. The normalized spacial score (nSPS) is 18.6. The summed E-state index contributed by atoms with van der Waals surface area (Å²) in [6.45, 7) is 1.14. The Balaban J connectivity index is 1.93. The summed E-state index contributed by atoms with van der Waals surface area (Å²) in [4.78, 5) is 24.5. The second kappa shape index (κ2) is 6.61. The molecular weight excluding hydrogens is 280 g/mol. The monoisotopic (exact) mass is 296 g/mol. The van der Waals surface area contributed by atoms with Gasteiger partial charge in [-0.05, 0) is 37.0 Å². The molecular formula is C14H17ClN2O3. The van der Waals surface area contributed by atoms with Crippen molar-refractivity contribution in [2.45, 2.75) is 19.3 Å². The third kappa shape index (κ3) is 4.13. The quantitative estimate of drug-likeness (QED) is 0.900. The number of amides is 2. The van der Waals surface area contributed by atoms with Crippen molar-refractivity contribution in [2.24, 2.45) is 5.92 Å². The van der Waals surface area contributed by atoms with Crippen LogP contribution in [-0.2, 0) is 4.79 Å². The van der Waals surface area contributed by atoms with Crippen LogP contribution in [0.2, 0.25) is 5.02 Å². The Morgan fingerprint density at radius 2 is 2.25 bits per heavy atom. The van der Waals surface area contributed by atoms with Crippen LogP contribution in [0.5, 0.6) is 0 Å². The number of likely N-dealkylation sites (tertiary alicyclic amines) is 1. The predicted octanol–water partition coefficient (Wildman–Crippen LogP) is 3.06. The van der Waals surface area contributed by atoms with Gasteiger partial charge in [0.05, 0.1) is 0 Å². The molecule has 0 radical (unpaired) electrons. The van der Waals surface area contributed by atoms with Gasteiger partial charge in [-0.3, -0.25) is 4.79 Å². The molecule has 1 aliphatic heterocycles. The molecule has 1 aromatic rings. The summed E-state index contributed by atoms with van der Waals surface area (Å²) in [6, 6.07) is 6.74. The van der Waals surface area contributed by atoms with Gasteiger partial charge in [0.25, 0.3) is 0 Å². The third-order valence-electron chi connectivity index (χ3n) is 3.35. The second-order valence-corrected chi connectivity index (χ2v) is 5.43. The van der Waals surface area contributed by atoms with Crippen molar-refractivity contribution in [1.29, 1.82) is 0 Å². The SMILES string of the molecule is O=C(O)CC1CCCN(C(=O)Nc2cccc(Cl)c2)C1. The van der Waals surface area contributed by atoms with Gasteiger partial charge in [0.2, 0.25) is 0 Å². The van der Waals surface area contributed by atoms with Crippen LogP contribution in [0.1, 0.15) is 19.3 Å². The first-order valence-electron chi connectivity index (χ1n) is 6.58. The van der Waals surface area contributed by atoms with E-state index in [4.69, 9.17) is 16.7 Å². The first-order valence-corrected chi connectivity index (χ1v) is 6.95. The van der Waals surface area contributed by atoms with E-state index in [9.17, 15) is 9.59 Å².